The van der Waals surface area contributed by atoms with Crippen molar-refractivity contribution in [3.05, 3.63) is 38.4 Å². The first kappa shape index (κ1) is 18.1. The number of carbonyl (C=O) groups is 1. The number of carbonyl (C=O) groups excluding carboxylic acids is 1. The average Bonchev–Trinajstić information content (AvgIpc) is 3.28. The Bertz CT molecular complexity index is 858. The summed E-state index contributed by atoms with van der Waals surface area (Å²) in [4.78, 5) is 16.3. The molecule has 0 radical (unpaired) electrons. The monoisotopic (exact) mass is 396 g/mol. The van der Waals surface area contributed by atoms with Crippen LogP contribution in [0, 0.1) is 6.92 Å². The minimum absolute atomic E-state index is 0.114. The number of aryl methyl sites for hydroxylation is 1. The predicted octanol–water partition coefficient (Wildman–Crippen LogP) is 4.28. The van der Waals surface area contributed by atoms with E-state index in [0.29, 0.717) is 12.4 Å². The summed E-state index contributed by atoms with van der Waals surface area (Å²) in [5.41, 5.74) is 1.07. The topological polar surface area (TPSA) is 71.3 Å². The number of nitrogens with zero attached hydrogens (tertiary/aromatic N) is 3. The average molecular weight is 397 g/mol. The lowest BCUT2D eigenvalue weighted by Crippen LogP contribution is -2.32. The molecule has 3 aromatic rings. The van der Waals surface area contributed by atoms with Gasteiger partial charge in [-0.05, 0) is 42.6 Å². The molecule has 25 heavy (non-hydrogen) atoms. The Morgan fingerprint density at radius 3 is 2.84 bits per heavy atom. The third-order valence-corrected chi connectivity index (χ3v) is 5.77. The molecule has 3 aromatic heterocycles. The van der Waals surface area contributed by atoms with Crippen LogP contribution in [0.5, 0.6) is 0 Å². The maximum atomic E-state index is 12.2. The highest BCUT2D eigenvalue weighted by Crippen LogP contribution is 2.28. The molecule has 0 unspecified atom stereocenters. The highest BCUT2D eigenvalue weighted by Gasteiger charge is 2.16. The Morgan fingerprint density at radius 2 is 2.20 bits per heavy atom. The number of thiophene rings is 2. The second kappa shape index (κ2) is 8.09. The molecule has 0 aliphatic rings. The molecule has 3 heterocycles. The molecule has 0 saturated carbocycles. The molecule has 0 atom stereocenters. The molecule has 0 fully saturated rings. The first-order chi connectivity index (χ1) is 12.0. The van der Waals surface area contributed by atoms with E-state index in [0.717, 1.165) is 26.2 Å². The van der Waals surface area contributed by atoms with Gasteiger partial charge in [0.15, 0.2) is 0 Å². The van der Waals surface area contributed by atoms with Crippen LogP contribution in [-0.4, -0.2) is 34.1 Å². The van der Waals surface area contributed by atoms with Crippen molar-refractivity contribution in [2.75, 3.05) is 18.4 Å². The molecule has 1 amide bonds. The summed E-state index contributed by atoms with van der Waals surface area (Å²) >= 11 is 8.99. The van der Waals surface area contributed by atoms with Crippen molar-refractivity contribution in [2.45, 2.75) is 20.4 Å². The summed E-state index contributed by atoms with van der Waals surface area (Å²) in [6, 6.07) is 5.93. The molecule has 9 heteroatoms. The van der Waals surface area contributed by atoms with Gasteiger partial charge in [-0.15, -0.1) is 27.8 Å². The Balaban J connectivity index is 1.58. The molecule has 0 aromatic carbocycles. The lowest BCUT2D eigenvalue weighted by atomic mass is 10.3. The number of rotatable bonds is 7. The van der Waals surface area contributed by atoms with E-state index in [1.54, 1.807) is 0 Å². The van der Waals surface area contributed by atoms with Crippen molar-refractivity contribution in [1.29, 1.82) is 0 Å². The van der Waals surface area contributed by atoms with Crippen molar-refractivity contribution in [3.63, 3.8) is 0 Å². The second-order valence-electron chi connectivity index (χ2n) is 5.40. The van der Waals surface area contributed by atoms with Crippen molar-refractivity contribution < 1.29 is 9.21 Å². The highest BCUT2D eigenvalue weighted by atomic mass is 35.5. The van der Waals surface area contributed by atoms with Crippen LogP contribution >= 0.6 is 34.3 Å². The normalized spacial score (nSPS) is 11.2. The largest absolute Gasteiger partial charge is 0.402 e. The van der Waals surface area contributed by atoms with E-state index >= 15 is 0 Å². The van der Waals surface area contributed by atoms with Gasteiger partial charge in [-0.3, -0.25) is 15.0 Å². The van der Waals surface area contributed by atoms with Crippen LogP contribution in [0.25, 0.3) is 10.8 Å². The number of hydrogen-bond acceptors (Lipinski definition) is 7. The summed E-state index contributed by atoms with van der Waals surface area (Å²) in [5.74, 6) is 0.228. The van der Waals surface area contributed by atoms with Gasteiger partial charge in [0.05, 0.1) is 15.8 Å². The number of likely N-dealkylation sites (N-methyl/N-ethyl adjacent to an activating group) is 1. The van der Waals surface area contributed by atoms with Gasteiger partial charge < -0.3 is 4.42 Å². The SMILES string of the molecule is CCN(CC(=O)Nc1nnc(-c2sccc2C)o1)Cc1ccc(Cl)s1. The summed E-state index contributed by atoms with van der Waals surface area (Å²) in [7, 11) is 0. The molecular weight excluding hydrogens is 380 g/mol. The first-order valence-corrected chi connectivity index (χ1v) is 9.77. The van der Waals surface area contributed by atoms with E-state index in [9.17, 15) is 4.79 Å². The van der Waals surface area contributed by atoms with Crippen LogP contribution < -0.4 is 5.32 Å². The fourth-order valence-electron chi connectivity index (χ4n) is 2.26. The lowest BCUT2D eigenvalue weighted by Gasteiger charge is -2.18. The molecule has 0 spiro atoms. The molecule has 3 rings (SSSR count). The Labute approximate surface area is 158 Å². The van der Waals surface area contributed by atoms with Crippen LogP contribution in [0.4, 0.5) is 6.01 Å². The number of aromatic nitrogens is 2. The zero-order valence-corrected chi connectivity index (χ0v) is 16.2. The zero-order valence-electron chi connectivity index (χ0n) is 13.8. The van der Waals surface area contributed by atoms with Crippen LogP contribution in [0.1, 0.15) is 17.4 Å². The zero-order chi connectivity index (χ0) is 17.8. The van der Waals surface area contributed by atoms with E-state index in [1.807, 2.05) is 42.3 Å². The summed E-state index contributed by atoms with van der Waals surface area (Å²) in [6.45, 7) is 5.63. The third kappa shape index (κ3) is 4.66. The predicted molar refractivity (Wildman–Crippen MR) is 101 cm³/mol. The molecule has 6 nitrogen and oxygen atoms in total. The quantitative estimate of drug-likeness (QED) is 0.645. The van der Waals surface area contributed by atoms with Gasteiger partial charge in [0.2, 0.25) is 5.91 Å². The summed E-state index contributed by atoms with van der Waals surface area (Å²) in [6.07, 6.45) is 0. The fourth-order valence-corrected chi connectivity index (χ4v) is 4.23. The summed E-state index contributed by atoms with van der Waals surface area (Å²) < 4.78 is 6.29. The fraction of sp³-hybridized carbons (Fsp3) is 0.312. The Kier molecular flexibility index (Phi) is 5.85. The molecule has 0 bridgehead atoms. The Morgan fingerprint density at radius 1 is 1.36 bits per heavy atom. The van der Waals surface area contributed by atoms with Crippen LogP contribution in [-0.2, 0) is 11.3 Å². The van der Waals surface area contributed by atoms with E-state index in [2.05, 4.69) is 15.5 Å². The van der Waals surface area contributed by atoms with Gasteiger partial charge in [0, 0.05) is 11.4 Å². The van der Waals surface area contributed by atoms with Crippen LogP contribution in [0.2, 0.25) is 4.34 Å². The number of halogens is 1. The maximum absolute atomic E-state index is 12.2. The Hall–Kier alpha value is -1.74. The van der Waals surface area contributed by atoms with Crippen LogP contribution in [0.3, 0.4) is 0 Å². The molecule has 0 saturated heterocycles. The minimum Gasteiger partial charge on any atom is -0.402 e. The lowest BCUT2D eigenvalue weighted by molar-refractivity contribution is -0.117. The first-order valence-electron chi connectivity index (χ1n) is 7.69. The van der Waals surface area contributed by atoms with Gasteiger partial charge in [-0.2, -0.15) is 0 Å². The standard InChI is InChI=1S/C16H17ClN4O2S2/c1-3-21(8-11-4-5-12(17)25-11)9-13(22)18-16-20-19-15(23-16)14-10(2)6-7-24-14/h4-7H,3,8-9H2,1-2H3,(H,18,20,22). The van der Waals surface area contributed by atoms with Crippen molar-refractivity contribution in [3.8, 4) is 10.8 Å². The number of nitrogens with one attached hydrogen (secondary N) is 1. The maximum Gasteiger partial charge on any atom is 0.322 e. The number of amides is 1. The van der Waals surface area contributed by atoms with Gasteiger partial charge in [-0.25, -0.2) is 0 Å². The third-order valence-electron chi connectivity index (χ3n) is 3.55. The number of anilines is 1. The molecular formula is C16H17ClN4O2S2. The minimum atomic E-state index is -0.192. The van der Waals surface area contributed by atoms with Crippen LogP contribution in [0.15, 0.2) is 28.0 Å². The van der Waals surface area contributed by atoms with E-state index in [1.165, 1.54) is 22.7 Å². The summed E-state index contributed by atoms with van der Waals surface area (Å²) in [5, 5.41) is 12.5. The van der Waals surface area contributed by atoms with E-state index < -0.39 is 0 Å². The van der Waals surface area contributed by atoms with Crippen molar-refractivity contribution in [2.24, 2.45) is 0 Å². The molecule has 132 valence electrons. The van der Waals surface area contributed by atoms with Gasteiger partial charge in [0.25, 0.3) is 5.89 Å². The van der Waals surface area contributed by atoms with Crippen molar-refractivity contribution in [1.82, 2.24) is 15.1 Å². The molecule has 1 N–H and O–H groups in total. The van der Waals surface area contributed by atoms with Gasteiger partial charge in [-0.1, -0.05) is 23.6 Å². The molecule has 0 aliphatic carbocycles. The number of hydrogen-bond donors (Lipinski definition) is 1. The smallest absolute Gasteiger partial charge is 0.322 e. The van der Waals surface area contributed by atoms with Gasteiger partial charge in [0.1, 0.15) is 0 Å². The molecule has 0 aliphatic heterocycles. The van der Waals surface area contributed by atoms with Crippen molar-refractivity contribution >= 4 is 46.2 Å². The van der Waals surface area contributed by atoms with E-state index in [4.69, 9.17) is 16.0 Å². The second-order valence-corrected chi connectivity index (χ2v) is 8.12. The van der Waals surface area contributed by atoms with E-state index in [-0.39, 0.29) is 18.5 Å². The van der Waals surface area contributed by atoms with Gasteiger partial charge >= 0.3 is 6.01 Å². The highest BCUT2D eigenvalue weighted by molar-refractivity contribution is 7.16.